The number of hydrogen-bond donors (Lipinski definition) is 1. The van der Waals surface area contributed by atoms with E-state index in [0.717, 1.165) is 5.75 Å². The van der Waals surface area contributed by atoms with Gasteiger partial charge in [-0.3, -0.25) is 9.59 Å². The third kappa shape index (κ3) is 4.97. The summed E-state index contributed by atoms with van der Waals surface area (Å²) in [5, 5.41) is 2.77. The molecule has 0 radical (unpaired) electrons. The van der Waals surface area contributed by atoms with Crippen LogP contribution in [-0.2, 0) is 4.79 Å². The topological polar surface area (TPSA) is 67.9 Å². The Morgan fingerprint density at radius 3 is 2.04 bits per heavy atom. The lowest BCUT2D eigenvalue weighted by atomic mass is 10.2. The zero-order chi connectivity index (χ0) is 18.4. The van der Waals surface area contributed by atoms with Crippen LogP contribution in [-0.4, -0.2) is 44.0 Å². The molecule has 1 atom stereocenters. The number of amides is 2. The van der Waals surface area contributed by atoms with Crippen molar-refractivity contribution < 1.29 is 19.1 Å². The van der Waals surface area contributed by atoms with Gasteiger partial charge in [0.1, 0.15) is 11.5 Å². The summed E-state index contributed by atoms with van der Waals surface area (Å²) in [6.45, 7) is 1.67. The number of rotatable bonds is 6. The van der Waals surface area contributed by atoms with E-state index < -0.39 is 6.10 Å². The van der Waals surface area contributed by atoms with Crippen molar-refractivity contribution in [3.63, 3.8) is 0 Å². The highest BCUT2D eigenvalue weighted by Gasteiger charge is 2.15. The molecule has 0 bridgehead atoms. The van der Waals surface area contributed by atoms with Crippen LogP contribution in [0.5, 0.6) is 11.5 Å². The minimum Gasteiger partial charge on any atom is -0.497 e. The highest BCUT2D eigenvalue weighted by Crippen LogP contribution is 2.19. The predicted molar refractivity (Wildman–Crippen MR) is 96.2 cm³/mol. The number of methoxy groups -OCH3 is 1. The molecule has 6 heteroatoms. The van der Waals surface area contributed by atoms with Crippen molar-refractivity contribution in [2.24, 2.45) is 0 Å². The molecule has 1 N–H and O–H groups in total. The van der Waals surface area contributed by atoms with E-state index in [4.69, 9.17) is 9.47 Å². The minimum atomic E-state index is -0.670. The number of ether oxygens (including phenoxy) is 2. The number of nitrogens with zero attached hydrogens (tertiary/aromatic N) is 1. The summed E-state index contributed by atoms with van der Waals surface area (Å²) >= 11 is 0. The van der Waals surface area contributed by atoms with Crippen LogP contribution in [0.1, 0.15) is 17.3 Å². The van der Waals surface area contributed by atoms with Crippen molar-refractivity contribution in [2.75, 3.05) is 26.5 Å². The van der Waals surface area contributed by atoms with Crippen molar-refractivity contribution in [1.29, 1.82) is 0 Å². The van der Waals surface area contributed by atoms with Gasteiger partial charge in [0.05, 0.1) is 7.11 Å². The first kappa shape index (κ1) is 18.3. The fourth-order valence-corrected chi connectivity index (χ4v) is 2.11. The number of hydrogen-bond acceptors (Lipinski definition) is 4. The fourth-order valence-electron chi connectivity index (χ4n) is 2.11. The molecule has 0 aliphatic heterocycles. The van der Waals surface area contributed by atoms with Gasteiger partial charge in [-0.05, 0) is 55.5 Å². The van der Waals surface area contributed by atoms with Gasteiger partial charge in [0.25, 0.3) is 11.8 Å². The van der Waals surface area contributed by atoms with Gasteiger partial charge in [-0.2, -0.15) is 0 Å². The maximum atomic E-state index is 12.2. The number of nitrogens with one attached hydrogen (secondary N) is 1. The Hall–Kier alpha value is -3.02. The second-order valence-electron chi connectivity index (χ2n) is 5.70. The minimum absolute atomic E-state index is 0.0888. The number of carbonyl (C=O) groups excluding carboxylic acids is 2. The van der Waals surface area contributed by atoms with E-state index in [1.54, 1.807) is 76.7 Å². The van der Waals surface area contributed by atoms with Crippen LogP contribution in [0.3, 0.4) is 0 Å². The van der Waals surface area contributed by atoms with Crippen molar-refractivity contribution >= 4 is 17.5 Å². The molecule has 2 amide bonds. The largest absolute Gasteiger partial charge is 0.497 e. The van der Waals surface area contributed by atoms with E-state index in [1.807, 2.05) is 0 Å². The average Bonchev–Trinajstić information content (AvgIpc) is 2.62. The lowest BCUT2D eigenvalue weighted by Crippen LogP contribution is -2.30. The zero-order valence-corrected chi connectivity index (χ0v) is 14.8. The summed E-state index contributed by atoms with van der Waals surface area (Å²) in [6, 6.07) is 13.7. The third-order valence-corrected chi connectivity index (χ3v) is 3.55. The summed E-state index contributed by atoms with van der Waals surface area (Å²) in [6.07, 6.45) is -0.670. The van der Waals surface area contributed by atoms with Crippen LogP contribution in [0.25, 0.3) is 0 Å². The zero-order valence-electron chi connectivity index (χ0n) is 14.8. The molecule has 6 nitrogen and oxygen atoms in total. The van der Waals surface area contributed by atoms with Gasteiger partial charge in [-0.1, -0.05) is 0 Å². The molecule has 2 aromatic carbocycles. The quantitative estimate of drug-likeness (QED) is 0.876. The van der Waals surface area contributed by atoms with Crippen LogP contribution in [0.15, 0.2) is 48.5 Å². The Labute approximate surface area is 147 Å². The molecule has 0 saturated carbocycles. The van der Waals surface area contributed by atoms with Gasteiger partial charge < -0.3 is 19.7 Å². The van der Waals surface area contributed by atoms with Gasteiger partial charge in [0.15, 0.2) is 6.10 Å². The molecule has 0 fully saturated rings. The van der Waals surface area contributed by atoms with E-state index in [1.165, 1.54) is 4.90 Å². The second kappa shape index (κ2) is 8.19. The molecule has 1 unspecified atom stereocenters. The monoisotopic (exact) mass is 342 g/mol. The molecule has 0 spiro atoms. The normalized spacial score (nSPS) is 11.4. The molecule has 132 valence electrons. The van der Waals surface area contributed by atoms with E-state index in [9.17, 15) is 9.59 Å². The van der Waals surface area contributed by atoms with E-state index in [0.29, 0.717) is 17.0 Å². The van der Waals surface area contributed by atoms with Crippen molar-refractivity contribution in [1.82, 2.24) is 4.90 Å². The first-order chi connectivity index (χ1) is 11.9. The van der Waals surface area contributed by atoms with E-state index in [2.05, 4.69) is 5.32 Å². The summed E-state index contributed by atoms with van der Waals surface area (Å²) in [5.41, 5.74) is 1.16. The maximum absolute atomic E-state index is 12.2. The molecule has 25 heavy (non-hydrogen) atoms. The summed E-state index contributed by atoms with van der Waals surface area (Å²) in [5.74, 6) is 0.934. The third-order valence-electron chi connectivity index (χ3n) is 3.55. The Kier molecular flexibility index (Phi) is 6.00. The summed E-state index contributed by atoms with van der Waals surface area (Å²) < 4.78 is 10.7. The van der Waals surface area contributed by atoms with Gasteiger partial charge in [-0.25, -0.2) is 0 Å². The van der Waals surface area contributed by atoms with E-state index in [-0.39, 0.29) is 11.8 Å². The van der Waals surface area contributed by atoms with Crippen LogP contribution >= 0.6 is 0 Å². The Balaban J connectivity index is 1.94. The van der Waals surface area contributed by atoms with Crippen LogP contribution in [0.2, 0.25) is 0 Å². The summed E-state index contributed by atoms with van der Waals surface area (Å²) in [7, 11) is 4.97. The first-order valence-electron chi connectivity index (χ1n) is 7.84. The fraction of sp³-hybridized carbons (Fsp3) is 0.263. The second-order valence-corrected chi connectivity index (χ2v) is 5.70. The van der Waals surface area contributed by atoms with Gasteiger partial charge in [0.2, 0.25) is 0 Å². The first-order valence-corrected chi connectivity index (χ1v) is 7.84. The van der Waals surface area contributed by atoms with Gasteiger partial charge in [-0.15, -0.1) is 0 Å². The molecular formula is C19H22N2O4. The molecular weight excluding hydrogens is 320 g/mol. The molecule has 0 aromatic heterocycles. The lowest BCUT2D eigenvalue weighted by molar-refractivity contribution is -0.122. The van der Waals surface area contributed by atoms with Crippen LogP contribution in [0.4, 0.5) is 5.69 Å². The SMILES string of the molecule is COc1ccc(OC(C)C(=O)Nc2ccc(C(=O)N(C)C)cc2)cc1. The van der Waals surface area contributed by atoms with Crippen molar-refractivity contribution in [3.05, 3.63) is 54.1 Å². The predicted octanol–water partition coefficient (Wildman–Crippen LogP) is 2.80. The van der Waals surface area contributed by atoms with Crippen LogP contribution in [0, 0.1) is 0 Å². The van der Waals surface area contributed by atoms with Gasteiger partial charge in [0, 0.05) is 25.3 Å². The summed E-state index contributed by atoms with van der Waals surface area (Å²) in [4.78, 5) is 25.6. The average molecular weight is 342 g/mol. The smallest absolute Gasteiger partial charge is 0.265 e. The lowest BCUT2D eigenvalue weighted by Gasteiger charge is -2.15. The van der Waals surface area contributed by atoms with Gasteiger partial charge >= 0.3 is 0 Å². The highest BCUT2D eigenvalue weighted by molar-refractivity contribution is 5.96. The van der Waals surface area contributed by atoms with Crippen LogP contribution < -0.4 is 14.8 Å². The molecule has 0 saturated heterocycles. The molecule has 0 heterocycles. The van der Waals surface area contributed by atoms with Crippen molar-refractivity contribution in [2.45, 2.75) is 13.0 Å². The number of carbonyl (C=O) groups is 2. The number of benzene rings is 2. The molecule has 0 aliphatic carbocycles. The molecule has 0 aliphatic rings. The molecule has 2 rings (SSSR count). The number of anilines is 1. The van der Waals surface area contributed by atoms with Crippen molar-refractivity contribution in [3.8, 4) is 11.5 Å². The Morgan fingerprint density at radius 1 is 0.960 bits per heavy atom. The molecule has 2 aromatic rings. The Bertz CT molecular complexity index is 724. The highest BCUT2D eigenvalue weighted by atomic mass is 16.5. The standard InChI is InChI=1S/C19H22N2O4/c1-13(25-17-11-9-16(24-4)10-12-17)18(22)20-15-7-5-14(6-8-15)19(23)21(2)3/h5-13H,1-4H3,(H,20,22). The maximum Gasteiger partial charge on any atom is 0.265 e. The van der Waals surface area contributed by atoms with E-state index >= 15 is 0 Å². The Morgan fingerprint density at radius 2 is 1.52 bits per heavy atom.